The molecule has 1 N–H and O–H groups in total. The Morgan fingerprint density at radius 3 is 2.73 bits per heavy atom. The molecular formula is C9H19NO. The third kappa shape index (κ3) is 2.80. The van der Waals surface area contributed by atoms with Crippen LogP contribution in [0.2, 0.25) is 0 Å². The fraction of sp³-hybridized carbons (Fsp3) is 1.00. The third-order valence-corrected chi connectivity index (χ3v) is 2.63. The summed E-state index contributed by atoms with van der Waals surface area (Å²) >= 11 is 0. The predicted octanol–water partition coefficient (Wildman–Crippen LogP) is 1.41. The van der Waals surface area contributed by atoms with E-state index in [1.165, 1.54) is 19.3 Å². The Labute approximate surface area is 69.3 Å². The molecule has 2 heteroatoms. The summed E-state index contributed by atoms with van der Waals surface area (Å²) in [6.45, 7) is 4.10. The van der Waals surface area contributed by atoms with Crippen LogP contribution in [0.3, 0.4) is 0 Å². The van der Waals surface area contributed by atoms with Crippen LogP contribution in [0.15, 0.2) is 0 Å². The molecule has 1 saturated carbocycles. The number of rotatable bonds is 5. The molecule has 66 valence electrons. The second-order valence-electron chi connectivity index (χ2n) is 3.43. The van der Waals surface area contributed by atoms with Crippen LogP contribution in [0.5, 0.6) is 0 Å². The van der Waals surface area contributed by atoms with Crippen molar-refractivity contribution in [3.8, 4) is 0 Å². The molecule has 0 bridgehead atoms. The van der Waals surface area contributed by atoms with Gasteiger partial charge in [0, 0.05) is 19.7 Å². The molecule has 0 aliphatic heterocycles. The quantitative estimate of drug-likeness (QED) is 0.609. The van der Waals surface area contributed by atoms with Crippen molar-refractivity contribution in [2.45, 2.75) is 32.2 Å². The molecule has 0 saturated heterocycles. The van der Waals surface area contributed by atoms with Gasteiger partial charge in [0.25, 0.3) is 0 Å². The summed E-state index contributed by atoms with van der Waals surface area (Å²) in [6.07, 6.45) is 4.27. The molecule has 0 spiro atoms. The Bertz CT molecular complexity index is 102. The summed E-state index contributed by atoms with van der Waals surface area (Å²) in [6, 6.07) is 0.693. The average molecular weight is 157 g/mol. The van der Waals surface area contributed by atoms with Crippen LogP contribution in [-0.2, 0) is 4.74 Å². The number of hydrogen-bond acceptors (Lipinski definition) is 2. The normalized spacial score (nSPS) is 21.3. The molecular weight excluding hydrogens is 138 g/mol. The van der Waals surface area contributed by atoms with Gasteiger partial charge < -0.3 is 10.1 Å². The Morgan fingerprint density at radius 1 is 1.55 bits per heavy atom. The zero-order valence-electron chi connectivity index (χ0n) is 7.60. The monoisotopic (exact) mass is 157 g/mol. The molecule has 1 aliphatic rings. The van der Waals surface area contributed by atoms with E-state index < -0.39 is 0 Å². The molecule has 1 atom stereocenters. The van der Waals surface area contributed by atoms with Crippen LogP contribution < -0.4 is 5.32 Å². The first kappa shape index (κ1) is 9.01. The largest absolute Gasteiger partial charge is 0.383 e. The summed E-state index contributed by atoms with van der Waals surface area (Å²) in [5.74, 6) is 0.937. The number of hydrogen-bond donors (Lipinski definition) is 1. The molecule has 0 aromatic heterocycles. The highest BCUT2D eigenvalue weighted by atomic mass is 16.5. The van der Waals surface area contributed by atoms with Gasteiger partial charge in [0.2, 0.25) is 0 Å². The van der Waals surface area contributed by atoms with Crippen molar-refractivity contribution in [3.05, 3.63) is 0 Å². The van der Waals surface area contributed by atoms with Gasteiger partial charge in [-0.1, -0.05) is 6.42 Å². The highest BCUT2D eigenvalue weighted by Crippen LogP contribution is 2.29. The van der Waals surface area contributed by atoms with Gasteiger partial charge in [-0.3, -0.25) is 0 Å². The average Bonchev–Trinajstić information content (AvgIpc) is 1.84. The summed E-state index contributed by atoms with van der Waals surface area (Å²) in [5.41, 5.74) is 0. The summed E-state index contributed by atoms with van der Waals surface area (Å²) < 4.78 is 4.96. The van der Waals surface area contributed by atoms with Gasteiger partial charge in [0.05, 0.1) is 6.61 Å². The van der Waals surface area contributed by atoms with Crippen LogP contribution in [0.25, 0.3) is 0 Å². The van der Waals surface area contributed by atoms with Gasteiger partial charge >= 0.3 is 0 Å². The minimum atomic E-state index is 0.693. The summed E-state index contributed by atoms with van der Waals surface area (Å²) in [4.78, 5) is 0. The van der Waals surface area contributed by atoms with Crippen molar-refractivity contribution in [1.29, 1.82) is 0 Å². The van der Waals surface area contributed by atoms with Crippen LogP contribution in [0, 0.1) is 5.92 Å². The van der Waals surface area contributed by atoms with Gasteiger partial charge in [0.1, 0.15) is 0 Å². The molecule has 1 rings (SSSR count). The first-order valence-electron chi connectivity index (χ1n) is 4.57. The van der Waals surface area contributed by atoms with Crippen molar-refractivity contribution in [1.82, 2.24) is 5.32 Å². The minimum Gasteiger partial charge on any atom is -0.383 e. The third-order valence-electron chi connectivity index (χ3n) is 2.63. The van der Waals surface area contributed by atoms with Crippen molar-refractivity contribution >= 4 is 0 Å². The smallest absolute Gasteiger partial charge is 0.0587 e. The molecule has 0 radical (unpaired) electrons. The predicted molar refractivity (Wildman–Crippen MR) is 46.7 cm³/mol. The van der Waals surface area contributed by atoms with Gasteiger partial charge in [-0.2, -0.15) is 0 Å². The zero-order valence-corrected chi connectivity index (χ0v) is 7.60. The summed E-state index contributed by atoms with van der Waals surface area (Å²) in [5, 5.41) is 3.46. The van der Waals surface area contributed by atoms with Crippen LogP contribution in [0.4, 0.5) is 0 Å². The molecule has 1 fully saturated rings. The number of methoxy groups -OCH3 is 1. The maximum atomic E-state index is 4.96. The maximum Gasteiger partial charge on any atom is 0.0587 e. The zero-order chi connectivity index (χ0) is 8.10. The highest BCUT2D eigenvalue weighted by molar-refractivity contribution is 4.79. The molecule has 1 aliphatic carbocycles. The Morgan fingerprint density at radius 2 is 2.27 bits per heavy atom. The standard InChI is InChI=1S/C9H19NO/c1-8(9-4-3-5-9)10-6-7-11-2/h8-10H,3-7H2,1-2H3. The highest BCUT2D eigenvalue weighted by Gasteiger charge is 2.22. The van der Waals surface area contributed by atoms with E-state index in [0.29, 0.717) is 6.04 Å². The van der Waals surface area contributed by atoms with E-state index >= 15 is 0 Å². The van der Waals surface area contributed by atoms with E-state index in [1.54, 1.807) is 7.11 Å². The molecule has 2 nitrogen and oxygen atoms in total. The Hall–Kier alpha value is -0.0800. The minimum absolute atomic E-state index is 0.693. The Balaban J connectivity index is 1.96. The Kier molecular flexibility index (Phi) is 3.87. The molecule has 11 heavy (non-hydrogen) atoms. The maximum absolute atomic E-state index is 4.96. The SMILES string of the molecule is COCCNC(C)C1CCC1. The van der Waals surface area contributed by atoms with Crippen LogP contribution in [-0.4, -0.2) is 26.3 Å². The fourth-order valence-electron chi connectivity index (χ4n) is 1.50. The van der Waals surface area contributed by atoms with E-state index in [2.05, 4.69) is 12.2 Å². The van der Waals surface area contributed by atoms with E-state index in [9.17, 15) is 0 Å². The number of nitrogens with one attached hydrogen (secondary N) is 1. The molecule has 0 heterocycles. The van der Waals surface area contributed by atoms with Crippen molar-refractivity contribution in [3.63, 3.8) is 0 Å². The number of ether oxygens (including phenoxy) is 1. The van der Waals surface area contributed by atoms with Crippen LogP contribution >= 0.6 is 0 Å². The molecule has 1 unspecified atom stereocenters. The molecule has 0 aromatic rings. The van der Waals surface area contributed by atoms with Gasteiger partial charge in [-0.05, 0) is 25.7 Å². The lowest BCUT2D eigenvalue weighted by Gasteiger charge is -2.31. The first-order chi connectivity index (χ1) is 5.34. The lowest BCUT2D eigenvalue weighted by atomic mass is 9.80. The topological polar surface area (TPSA) is 21.3 Å². The lowest BCUT2D eigenvalue weighted by Crippen LogP contribution is -2.38. The van der Waals surface area contributed by atoms with Crippen molar-refractivity contribution in [2.24, 2.45) is 5.92 Å². The van der Waals surface area contributed by atoms with Gasteiger partial charge in [-0.25, -0.2) is 0 Å². The van der Waals surface area contributed by atoms with Gasteiger partial charge in [-0.15, -0.1) is 0 Å². The van der Waals surface area contributed by atoms with E-state index in [4.69, 9.17) is 4.74 Å². The van der Waals surface area contributed by atoms with Gasteiger partial charge in [0.15, 0.2) is 0 Å². The molecule has 0 aromatic carbocycles. The fourth-order valence-corrected chi connectivity index (χ4v) is 1.50. The molecule has 0 amide bonds. The van der Waals surface area contributed by atoms with Crippen molar-refractivity contribution in [2.75, 3.05) is 20.3 Å². The van der Waals surface area contributed by atoms with Crippen molar-refractivity contribution < 1.29 is 4.74 Å². The van der Waals surface area contributed by atoms with Crippen LogP contribution in [0.1, 0.15) is 26.2 Å². The van der Waals surface area contributed by atoms with E-state index in [-0.39, 0.29) is 0 Å². The van der Waals surface area contributed by atoms with E-state index in [1.807, 2.05) is 0 Å². The second-order valence-corrected chi connectivity index (χ2v) is 3.43. The van der Waals surface area contributed by atoms with E-state index in [0.717, 1.165) is 19.1 Å². The first-order valence-corrected chi connectivity index (χ1v) is 4.57. The second kappa shape index (κ2) is 4.73. The lowest BCUT2D eigenvalue weighted by molar-refractivity contribution is 0.180. The summed E-state index contributed by atoms with van der Waals surface area (Å²) in [7, 11) is 1.75.